The van der Waals surface area contributed by atoms with Gasteiger partial charge in [0.2, 0.25) is 0 Å². The lowest BCUT2D eigenvalue weighted by Crippen LogP contribution is -2.26. The zero-order valence-electron chi connectivity index (χ0n) is 7.60. The molecule has 0 fully saturated rings. The molecule has 0 bridgehead atoms. The highest BCUT2D eigenvalue weighted by Crippen LogP contribution is 2.21. The van der Waals surface area contributed by atoms with Gasteiger partial charge in [0.15, 0.2) is 0 Å². The minimum absolute atomic E-state index is 0.146. The smallest absolute Gasteiger partial charge is 0.0949 e. The Morgan fingerprint density at radius 3 is 2.10 bits per heavy atom. The molecule has 0 saturated heterocycles. The first-order valence-electron chi connectivity index (χ1n) is 3.76. The van der Waals surface area contributed by atoms with Gasteiger partial charge in [-0.2, -0.15) is 0 Å². The monoisotopic (exact) mass is 146 g/mol. The van der Waals surface area contributed by atoms with Gasteiger partial charge < -0.3 is 0 Å². The second-order valence-electron chi connectivity index (χ2n) is 3.51. The zero-order chi connectivity index (χ0) is 8.20. The van der Waals surface area contributed by atoms with E-state index in [1.165, 1.54) is 0 Å². The van der Waals surface area contributed by atoms with Crippen molar-refractivity contribution in [2.45, 2.75) is 40.7 Å². The zero-order valence-corrected chi connectivity index (χ0v) is 7.60. The molecule has 1 unspecified atom stereocenters. The second kappa shape index (κ2) is 3.94. The maximum absolute atomic E-state index is 5.06. The molecule has 0 saturated carbocycles. The van der Waals surface area contributed by atoms with E-state index in [0.717, 1.165) is 0 Å². The van der Waals surface area contributed by atoms with Crippen molar-refractivity contribution < 1.29 is 9.78 Å². The number of rotatable bonds is 3. The summed E-state index contributed by atoms with van der Waals surface area (Å²) in [6.07, 6.45) is 0.146. The Bertz CT molecular complexity index is 83.7. The van der Waals surface area contributed by atoms with E-state index < -0.39 is 0 Å². The van der Waals surface area contributed by atoms with Crippen LogP contribution in [-0.4, -0.2) is 12.7 Å². The molecule has 0 rings (SSSR count). The summed E-state index contributed by atoms with van der Waals surface area (Å²) in [6.45, 7) is 10.9. The third-order valence-electron chi connectivity index (χ3n) is 1.55. The topological polar surface area (TPSA) is 18.5 Å². The van der Waals surface area contributed by atoms with Crippen molar-refractivity contribution in [3.8, 4) is 0 Å². The Morgan fingerprint density at radius 2 is 1.80 bits per heavy atom. The molecule has 0 aliphatic carbocycles. The summed E-state index contributed by atoms with van der Waals surface area (Å²) in [5.74, 6) is 0. The van der Waals surface area contributed by atoms with Gasteiger partial charge in [-0.3, -0.25) is 0 Å². The van der Waals surface area contributed by atoms with Crippen molar-refractivity contribution in [1.82, 2.24) is 0 Å². The Morgan fingerprint density at radius 1 is 1.30 bits per heavy atom. The Hall–Kier alpha value is -0.0800. The minimum atomic E-state index is 0.146. The van der Waals surface area contributed by atoms with E-state index in [9.17, 15) is 0 Å². The molecule has 0 heterocycles. The molecule has 10 heavy (non-hydrogen) atoms. The highest BCUT2D eigenvalue weighted by molar-refractivity contribution is 4.67. The van der Waals surface area contributed by atoms with E-state index in [4.69, 9.17) is 9.78 Å². The van der Waals surface area contributed by atoms with Crippen molar-refractivity contribution in [3.63, 3.8) is 0 Å². The second-order valence-corrected chi connectivity index (χ2v) is 3.51. The third-order valence-corrected chi connectivity index (χ3v) is 1.55. The van der Waals surface area contributed by atoms with Gasteiger partial charge in [0.1, 0.15) is 0 Å². The van der Waals surface area contributed by atoms with Crippen LogP contribution in [0.4, 0.5) is 0 Å². The Labute approximate surface area is 63.5 Å². The van der Waals surface area contributed by atoms with Crippen molar-refractivity contribution in [1.29, 1.82) is 0 Å². The van der Waals surface area contributed by atoms with Gasteiger partial charge in [0, 0.05) is 0 Å². The predicted octanol–water partition coefficient (Wildman–Crippen LogP) is 2.39. The standard InChI is InChI=1S/C8H18O2/c1-6-9-10-7(2)8(3,4)5/h7H,6H2,1-5H3. The molecule has 62 valence electrons. The van der Waals surface area contributed by atoms with E-state index >= 15 is 0 Å². The van der Waals surface area contributed by atoms with E-state index in [-0.39, 0.29) is 11.5 Å². The van der Waals surface area contributed by atoms with Crippen LogP contribution in [0.5, 0.6) is 0 Å². The molecular formula is C8H18O2. The van der Waals surface area contributed by atoms with E-state index in [1.54, 1.807) is 0 Å². The minimum Gasteiger partial charge on any atom is -0.237 e. The molecule has 0 amide bonds. The molecule has 0 spiro atoms. The highest BCUT2D eigenvalue weighted by Gasteiger charge is 2.21. The maximum Gasteiger partial charge on any atom is 0.0949 e. The summed E-state index contributed by atoms with van der Waals surface area (Å²) in [7, 11) is 0. The average Bonchev–Trinajstić information content (AvgIpc) is 1.80. The number of hydrogen-bond donors (Lipinski definition) is 0. The maximum atomic E-state index is 5.06. The van der Waals surface area contributed by atoms with Gasteiger partial charge in [-0.05, 0) is 19.3 Å². The average molecular weight is 146 g/mol. The molecule has 0 radical (unpaired) electrons. The van der Waals surface area contributed by atoms with E-state index in [2.05, 4.69) is 20.8 Å². The molecular weight excluding hydrogens is 128 g/mol. The van der Waals surface area contributed by atoms with Gasteiger partial charge in [-0.25, -0.2) is 9.78 Å². The van der Waals surface area contributed by atoms with Crippen LogP contribution in [0.15, 0.2) is 0 Å². The third kappa shape index (κ3) is 3.85. The van der Waals surface area contributed by atoms with Crippen LogP contribution >= 0.6 is 0 Å². The van der Waals surface area contributed by atoms with Crippen LogP contribution in [0.3, 0.4) is 0 Å². The Kier molecular flexibility index (Phi) is 3.91. The van der Waals surface area contributed by atoms with Crippen molar-refractivity contribution in [2.24, 2.45) is 5.41 Å². The fourth-order valence-corrected chi connectivity index (χ4v) is 0.314. The first kappa shape index (κ1) is 9.92. The number of hydrogen-bond acceptors (Lipinski definition) is 2. The van der Waals surface area contributed by atoms with Crippen LogP contribution in [0.1, 0.15) is 34.6 Å². The molecule has 0 aromatic heterocycles. The summed E-state index contributed by atoms with van der Waals surface area (Å²) in [6, 6.07) is 0. The molecule has 0 aliphatic rings. The summed E-state index contributed by atoms with van der Waals surface area (Å²) in [5.41, 5.74) is 0.162. The molecule has 0 aromatic carbocycles. The first-order valence-corrected chi connectivity index (χ1v) is 3.76. The van der Waals surface area contributed by atoms with Gasteiger partial charge in [0.25, 0.3) is 0 Å². The fraction of sp³-hybridized carbons (Fsp3) is 1.00. The lowest BCUT2D eigenvalue weighted by atomic mass is 9.91. The van der Waals surface area contributed by atoms with Crippen molar-refractivity contribution >= 4 is 0 Å². The van der Waals surface area contributed by atoms with Crippen molar-refractivity contribution in [3.05, 3.63) is 0 Å². The summed E-state index contributed by atoms with van der Waals surface area (Å²) >= 11 is 0. The van der Waals surface area contributed by atoms with Gasteiger partial charge in [0.05, 0.1) is 12.7 Å². The van der Waals surface area contributed by atoms with Crippen LogP contribution in [-0.2, 0) is 9.78 Å². The van der Waals surface area contributed by atoms with Crippen LogP contribution < -0.4 is 0 Å². The molecule has 2 heteroatoms. The quantitative estimate of drug-likeness (QED) is 0.449. The molecule has 0 N–H and O–H groups in total. The van der Waals surface area contributed by atoms with Gasteiger partial charge >= 0.3 is 0 Å². The van der Waals surface area contributed by atoms with E-state index in [1.807, 2.05) is 13.8 Å². The van der Waals surface area contributed by atoms with Crippen LogP contribution in [0.25, 0.3) is 0 Å². The lowest BCUT2D eigenvalue weighted by Gasteiger charge is -2.25. The van der Waals surface area contributed by atoms with Crippen molar-refractivity contribution in [2.75, 3.05) is 6.61 Å². The summed E-state index contributed by atoms with van der Waals surface area (Å²) in [4.78, 5) is 9.88. The first-order chi connectivity index (χ1) is 4.48. The normalized spacial score (nSPS) is 15.3. The van der Waals surface area contributed by atoms with E-state index in [0.29, 0.717) is 6.61 Å². The lowest BCUT2D eigenvalue weighted by molar-refractivity contribution is -0.333. The summed E-state index contributed by atoms with van der Waals surface area (Å²) < 4.78 is 0. The molecule has 2 nitrogen and oxygen atoms in total. The summed E-state index contributed by atoms with van der Waals surface area (Å²) in [5, 5.41) is 0. The van der Waals surface area contributed by atoms with Gasteiger partial charge in [-0.1, -0.05) is 20.8 Å². The molecule has 1 atom stereocenters. The molecule has 0 aliphatic heterocycles. The predicted molar refractivity (Wildman–Crippen MR) is 41.6 cm³/mol. The van der Waals surface area contributed by atoms with Crippen LogP contribution in [0, 0.1) is 5.41 Å². The fourth-order valence-electron chi connectivity index (χ4n) is 0.314. The van der Waals surface area contributed by atoms with Crippen LogP contribution in [0.2, 0.25) is 0 Å². The van der Waals surface area contributed by atoms with Gasteiger partial charge in [-0.15, -0.1) is 0 Å². The Balaban J connectivity index is 3.52. The molecule has 0 aromatic rings. The SMILES string of the molecule is CCOOC(C)C(C)(C)C. The largest absolute Gasteiger partial charge is 0.237 e. The highest BCUT2D eigenvalue weighted by atomic mass is 17.2.